The molecule has 7 heteroatoms. The van der Waals surface area contributed by atoms with Gasteiger partial charge in [-0.2, -0.15) is 4.98 Å². The number of hydrogen-bond donors (Lipinski definition) is 2. The van der Waals surface area contributed by atoms with E-state index in [0.29, 0.717) is 17.3 Å². The number of benzene rings is 2. The second kappa shape index (κ2) is 7.29. The molecule has 0 saturated heterocycles. The van der Waals surface area contributed by atoms with Gasteiger partial charge in [0.2, 0.25) is 5.88 Å². The van der Waals surface area contributed by atoms with Crippen LogP contribution >= 0.6 is 27.5 Å². The Morgan fingerprint density at radius 1 is 1.08 bits per heavy atom. The molecule has 0 atom stereocenters. The zero-order valence-electron chi connectivity index (χ0n) is 13.7. The van der Waals surface area contributed by atoms with Crippen LogP contribution in [0.25, 0.3) is 0 Å². The van der Waals surface area contributed by atoms with E-state index in [1.165, 1.54) is 6.33 Å². The molecule has 0 radical (unpaired) electrons. The van der Waals surface area contributed by atoms with Crippen molar-refractivity contribution in [2.24, 2.45) is 0 Å². The smallest absolute Gasteiger partial charge is 0.248 e. The third-order valence-corrected chi connectivity index (χ3v) is 4.70. The minimum Gasteiger partial charge on any atom is -0.437 e. The summed E-state index contributed by atoms with van der Waals surface area (Å²) in [6.07, 6.45) is 1.41. The normalized spacial score (nSPS) is 10.6. The van der Waals surface area contributed by atoms with Crippen molar-refractivity contribution in [3.05, 3.63) is 63.3 Å². The lowest BCUT2D eigenvalue weighted by Gasteiger charge is -2.13. The summed E-state index contributed by atoms with van der Waals surface area (Å²) in [4.78, 5) is 8.32. The van der Waals surface area contributed by atoms with Crippen molar-refractivity contribution in [3.63, 3.8) is 0 Å². The topological polar surface area (TPSA) is 73.1 Å². The highest BCUT2D eigenvalue weighted by Gasteiger charge is 2.12. The molecular formula is C18H16BrClN4O. The Hall–Kier alpha value is -2.31. The standard InChI is InChI=1S/C18H16BrClN4O/c1-10-7-14(8-11(2)15(10)20)25-18-16(21)17(22-9-23-18)24-13-5-3-12(19)4-6-13/h3-9H,21H2,1-2H3,(H,22,23,24). The minimum atomic E-state index is 0.288. The molecule has 0 aliphatic carbocycles. The summed E-state index contributed by atoms with van der Waals surface area (Å²) in [5.74, 6) is 1.39. The number of aryl methyl sites for hydroxylation is 2. The number of nitrogen functional groups attached to an aromatic ring is 1. The van der Waals surface area contributed by atoms with Gasteiger partial charge >= 0.3 is 0 Å². The number of nitrogens with two attached hydrogens (primary N) is 1. The SMILES string of the molecule is Cc1cc(Oc2ncnc(Nc3ccc(Br)cc3)c2N)cc(C)c1Cl. The predicted octanol–water partition coefficient (Wildman–Crippen LogP) is 5.63. The lowest BCUT2D eigenvalue weighted by atomic mass is 10.1. The molecular weight excluding hydrogens is 404 g/mol. The van der Waals surface area contributed by atoms with Crippen LogP contribution in [-0.2, 0) is 0 Å². The monoisotopic (exact) mass is 418 g/mol. The summed E-state index contributed by atoms with van der Waals surface area (Å²) in [6.45, 7) is 3.85. The first-order chi connectivity index (χ1) is 11.9. The molecule has 3 aromatic rings. The van der Waals surface area contributed by atoms with Gasteiger partial charge < -0.3 is 15.8 Å². The van der Waals surface area contributed by atoms with Crippen LogP contribution in [0.4, 0.5) is 17.2 Å². The van der Waals surface area contributed by atoms with Gasteiger partial charge in [0.05, 0.1) is 0 Å². The number of rotatable bonds is 4. The molecule has 1 aromatic heterocycles. The van der Waals surface area contributed by atoms with E-state index in [0.717, 1.165) is 26.3 Å². The molecule has 0 amide bonds. The molecule has 0 saturated carbocycles. The summed E-state index contributed by atoms with van der Waals surface area (Å²) < 4.78 is 6.83. The van der Waals surface area contributed by atoms with Crippen LogP contribution < -0.4 is 15.8 Å². The molecule has 1 heterocycles. The van der Waals surface area contributed by atoms with Crippen LogP contribution in [0.1, 0.15) is 11.1 Å². The lowest BCUT2D eigenvalue weighted by molar-refractivity contribution is 0.464. The molecule has 0 spiro atoms. The first kappa shape index (κ1) is 17.5. The molecule has 0 unspecified atom stereocenters. The molecule has 128 valence electrons. The van der Waals surface area contributed by atoms with Crippen molar-refractivity contribution < 1.29 is 4.74 Å². The Bertz CT molecular complexity index is 892. The maximum absolute atomic E-state index is 6.19. The van der Waals surface area contributed by atoms with Crippen molar-refractivity contribution in [3.8, 4) is 11.6 Å². The zero-order chi connectivity index (χ0) is 18.0. The Balaban J connectivity index is 1.87. The number of halogens is 2. The summed E-state index contributed by atoms with van der Waals surface area (Å²) in [6, 6.07) is 11.4. The third kappa shape index (κ3) is 4.03. The second-order valence-electron chi connectivity index (χ2n) is 5.55. The summed E-state index contributed by atoms with van der Waals surface area (Å²) in [7, 11) is 0. The maximum Gasteiger partial charge on any atom is 0.248 e. The Kier molecular flexibility index (Phi) is 5.11. The Morgan fingerprint density at radius 3 is 2.36 bits per heavy atom. The van der Waals surface area contributed by atoms with E-state index < -0.39 is 0 Å². The summed E-state index contributed by atoms with van der Waals surface area (Å²) in [5.41, 5.74) is 9.21. The number of nitrogens with zero attached hydrogens (tertiary/aromatic N) is 2. The molecule has 3 N–H and O–H groups in total. The molecule has 2 aromatic carbocycles. The van der Waals surface area contributed by atoms with Gasteiger partial charge in [0.25, 0.3) is 0 Å². The average Bonchev–Trinajstić information content (AvgIpc) is 2.58. The van der Waals surface area contributed by atoms with E-state index in [1.54, 1.807) is 0 Å². The van der Waals surface area contributed by atoms with E-state index in [-0.39, 0.29) is 5.88 Å². The van der Waals surface area contributed by atoms with Crippen LogP contribution in [0.15, 0.2) is 47.2 Å². The summed E-state index contributed by atoms with van der Waals surface area (Å²) >= 11 is 9.59. The summed E-state index contributed by atoms with van der Waals surface area (Å²) in [5, 5.41) is 3.88. The number of ether oxygens (including phenoxy) is 1. The van der Waals surface area contributed by atoms with Gasteiger partial charge in [-0.05, 0) is 61.4 Å². The number of aromatic nitrogens is 2. The molecule has 0 aliphatic rings. The largest absolute Gasteiger partial charge is 0.437 e. The van der Waals surface area contributed by atoms with Crippen LogP contribution in [-0.4, -0.2) is 9.97 Å². The molecule has 3 rings (SSSR count). The first-order valence-electron chi connectivity index (χ1n) is 7.51. The van der Waals surface area contributed by atoms with E-state index >= 15 is 0 Å². The third-order valence-electron chi connectivity index (χ3n) is 3.58. The fourth-order valence-electron chi connectivity index (χ4n) is 2.31. The van der Waals surface area contributed by atoms with Gasteiger partial charge in [0.1, 0.15) is 17.8 Å². The second-order valence-corrected chi connectivity index (χ2v) is 6.84. The Labute approximate surface area is 159 Å². The minimum absolute atomic E-state index is 0.288. The van der Waals surface area contributed by atoms with Crippen LogP contribution in [0.5, 0.6) is 11.6 Å². The lowest BCUT2D eigenvalue weighted by Crippen LogP contribution is -2.03. The van der Waals surface area contributed by atoms with Crippen molar-refractivity contribution >= 4 is 44.7 Å². The maximum atomic E-state index is 6.19. The highest BCUT2D eigenvalue weighted by molar-refractivity contribution is 9.10. The van der Waals surface area contributed by atoms with Crippen LogP contribution in [0.2, 0.25) is 5.02 Å². The number of anilines is 3. The zero-order valence-corrected chi connectivity index (χ0v) is 16.0. The van der Waals surface area contributed by atoms with E-state index in [1.807, 2.05) is 50.2 Å². The van der Waals surface area contributed by atoms with Crippen LogP contribution in [0, 0.1) is 13.8 Å². The molecule has 5 nitrogen and oxygen atoms in total. The fraction of sp³-hybridized carbons (Fsp3) is 0.111. The Morgan fingerprint density at radius 2 is 1.72 bits per heavy atom. The van der Waals surface area contributed by atoms with Crippen molar-refractivity contribution in [2.45, 2.75) is 13.8 Å². The van der Waals surface area contributed by atoms with Crippen molar-refractivity contribution in [2.75, 3.05) is 11.1 Å². The highest BCUT2D eigenvalue weighted by atomic mass is 79.9. The van der Waals surface area contributed by atoms with Crippen molar-refractivity contribution in [1.82, 2.24) is 9.97 Å². The fourth-order valence-corrected chi connectivity index (χ4v) is 2.68. The quantitative estimate of drug-likeness (QED) is 0.573. The van der Waals surface area contributed by atoms with Crippen LogP contribution in [0.3, 0.4) is 0 Å². The van der Waals surface area contributed by atoms with Gasteiger partial charge in [-0.1, -0.05) is 27.5 Å². The van der Waals surface area contributed by atoms with Crippen molar-refractivity contribution in [1.29, 1.82) is 0 Å². The van der Waals surface area contributed by atoms with Gasteiger partial charge in [-0.3, -0.25) is 0 Å². The van der Waals surface area contributed by atoms with E-state index in [4.69, 9.17) is 22.1 Å². The van der Waals surface area contributed by atoms with E-state index in [9.17, 15) is 0 Å². The van der Waals surface area contributed by atoms with Gasteiger partial charge in [-0.25, -0.2) is 4.98 Å². The first-order valence-corrected chi connectivity index (χ1v) is 8.69. The highest BCUT2D eigenvalue weighted by Crippen LogP contribution is 2.33. The predicted molar refractivity (Wildman–Crippen MR) is 105 cm³/mol. The van der Waals surface area contributed by atoms with Gasteiger partial charge in [-0.15, -0.1) is 0 Å². The molecule has 0 fully saturated rings. The number of nitrogens with one attached hydrogen (secondary N) is 1. The average molecular weight is 420 g/mol. The van der Waals surface area contributed by atoms with Gasteiger partial charge in [0, 0.05) is 15.2 Å². The van der Waals surface area contributed by atoms with E-state index in [2.05, 4.69) is 31.2 Å². The number of hydrogen-bond acceptors (Lipinski definition) is 5. The molecule has 25 heavy (non-hydrogen) atoms. The molecule has 0 aliphatic heterocycles. The molecule has 0 bridgehead atoms. The van der Waals surface area contributed by atoms with Gasteiger partial charge in [0.15, 0.2) is 5.82 Å².